The standard InChI is InChI=1S/C16H20O/c1-12-8-9-14-6-4-3-5-7-15(13(2)17)11-16(14)10-12/h7-10H,3-6,11H2,1-2H3/b15-7-. The summed E-state index contributed by atoms with van der Waals surface area (Å²) in [6, 6.07) is 6.64. The van der Waals surface area contributed by atoms with Gasteiger partial charge in [-0.25, -0.2) is 0 Å². The monoisotopic (exact) mass is 228 g/mol. The first kappa shape index (κ1) is 12.1. The molecule has 0 amide bonds. The van der Waals surface area contributed by atoms with Gasteiger partial charge in [-0.1, -0.05) is 29.8 Å². The first-order valence-electron chi connectivity index (χ1n) is 6.45. The van der Waals surface area contributed by atoms with E-state index in [2.05, 4.69) is 31.2 Å². The molecular weight excluding hydrogens is 208 g/mol. The second kappa shape index (κ2) is 5.31. The molecule has 0 bridgehead atoms. The molecule has 0 N–H and O–H groups in total. The maximum Gasteiger partial charge on any atom is 0.155 e. The van der Waals surface area contributed by atoms with Crippen LogP contribution in [0.4, 0.5) is 0 Å². The smallest absolute Gasteiger partial charge is 0.155 e. The van der Waals surface area contributed by atoms with Crippen molar-refractivity contribution >= 4 is 5.78 Å². The van der Waals surface area contributed by atoms with Crippen LogP contribution in [0, 0.1) is 6.92 Å². The van der Waals surface area contributed by atoms with Crippen molar-refractivity contribution in [2.24, 2.45) is 0 Å². The van der Waals surface area contributed by atoms with Gasteiger partial charge in [-0.2, -0.15) is 0 Å². The molecule has 0 atom stereocenters. The number of hydrogen-bond acceptors (Lipinski definition) is 1. The average molecular weight is 228 g/mol. The van der Waals surface area contributed by atoms with Gasteiger partial charge in [0.1, 0.15) is 0 Å². The van der Waals surface area contributed by atoms with Crippen LogP contribution < -0.4 is 0 Å². The zero-order chi connectivity index (χ0) is 12.3. The molecule has 1 heteroatoms. The number of allylic oxidation sites excluding steroid dienone is 2. The second-order valence-corrected chi connectivity index (χ2v) is 4.98. The Bertz CT molecular complexity index is 455. The van der Waals surface area contributed by atoms with E-state index >= 15 is 0 Å². The Kier molecular flexibility index (Phi) is 3.78. The van der Waals surface area contributed by atoms with E-state index in [1.165, 1.54) is 29.5 Å². The summed E-state index contributed by atoms with van der Waals surface area (Å²) in [5.41, 5.74) is 5.03. The first-order valence-corrected chi connectivity index (χ1v) is 6.45. The number of hydrogen-bond donors (Lipinski definition) is 0. The van der Waals surface area contributed by atoms with Gasteiger partial charge in [0.05, 0.1) is 0 Å². The highest BCUT2D eigenvalue weighted by Crippen LogP contribution is 2.21. The number of Topliss-reactive ketones (excluding diaryl/α,β-unsaturated/α-hetero) is 1. The molecule has 1 aliphatic carbocycles. The summed E-state index contributed by atoms with van der Waals surface area (Å²) in [7, 11) is 0. The van der Waals surface area contributed by atoms with E-state index in [0.717, 1.165) is 24.8 Å². The van der Waals surface area contributed by atoms with E-state index in [0.29, 0.717) is 0 Å². The van der Waals surface area contributed by atoms with Crippen LogP contribution in [-0.4, -0.2) is 5.78 Å². The number of aryl methyl sites for hydroxylation is 2. The summed E-state index contributed by atoms with van der Waals surface area (Å²) in [5, 5.41) is 0. The van der Waals surface area contributed by atoms with Crippen LogP contribution in [0.2, 0.25) is 0 Å². The van der Waals surface area contributed by atoms with E-state index in [4.69, 9.17) is 0 Å². The minimum absolute atomic E-state index is 0.222. The molecule has 2 rings (SSSR count). The lowest BCUT2D eigenvalue weighted by Gasteiger charge is -2.10. The van der Waals surface area contributed by atoms with Gasteiger partial charge in [-0.3, -0.25) is 4.79 Å². The third kappa shape index (κ3) is 3.06. The lowest BCUT2D eigenvalue weighted by Crippen LogP contribution is -2.03. The molecule has 0 saturated heterocycles. The highest BCUT2D eigenvalue weighted by atomic mass is 16.1. The summed E-state index contributed by atoms with van der Waals surface area (Å²) >= 11 is 0. The van der Waals surface area contributed by atoms with Crippen molar-refractivity contribution in [3.63, 3.8) is 0 Å². The van der Waals surface area contributed by atoms with Crippen molar-refractivity contribution in [3.8, 4) is 0 Å². The van der Waals surface area contributed by atoms with Gasteiger partial charge in [-0.15, -0.1) is 0 Å². The number of carbonyl (C=O) groups excluding carboxylic acids is 1. The largest absolute Gasteiger partial charge is 0.295 e. The van der Waals surface area contributed by atoms with Gasteiger partial charge in [0.2, 0.25) is 0 Å². The molecule has 0 unspecified atom stereocenters. The second-order valence-electron chi connectivity index (χ2n) is 4.98. The maximum absolute atomic E-state index is 11.6. The molecule has 0 aliphatic heterocycles. The predicted octanol–water partition coefficient (Wildman–Crippen LogP) is 3.78. The van der Waals surface area contributed by atoms with Gasteiger partial charge in [-0.05, 0) is 56.2 Å². The Labute approximate surface area is 104 Å². The molecule has 17 heavy (non-hydrogen) atoms. The molecule has 0 heterocycles. The Morgan fingerprint density at radius 1 is 1.18 bits per heavy atom. The molecule has 0 spiro atoms. The van der Waals surface area contributed by atoms with Crippen LogP contribution in [-0.2, 0) is 17.6 Å². The number of rotatable bonds is 1. The molecule has 0 radical (unpaired) electrons. The van der Waals surface area contributed by atoms with Crippen molar-refractivity contribution < 1.29 is 4.79 Å². The van der Waals surface area contributed by atoms with Crippen molar-refractivity contribution in [3.05, 3.63) is 46.5 Å². The summed E-state index contributed by atoms with van der Waals surface area (Å²) in [6.45, 7) is 3.79. The first-order chi connectivity index (χ1) is 8.16. The van der Waals surface area contributed by atoms with E-state index < -0.39 is 0 Å². The fourth-order valence-electron chi connectivity index (χ4n) is 2.44. The third-order valence-electron chi connectivity index (χ3n) is 3.49. The van der Waals surface area contributed by atoms with E-state index in [1.807, 2.05) is 0 Å². The minimum atomic E-state index is 0.222. The predicted molar refractivity (Wildman–Crippen MR) is 71.2 cm³/mol. The summed E-state index contributed by atoms with van der Waals surface area (Å²) in [5.74, 6) is 0.222. The van der Waals surface area contributed by atoms with Gasteiger partial charge in [0.25, 0.3) is 0 Å². The van der Waals surface area contributed by atoms with Crippen LogP contribution in [0.5, 0.6) is 0 Å². The normalized spacial score (nSPS) is 19.3. The highest BCUT2D eigenvalue weighted by Gasteiger charge is 2.11. The lowest BCUT2D eigenvalue weighted by molar-refractivity contribution is -0.113. The molecule has 0 saturated carbocycles. The number of fused-ring (bicyclic) bond motifs is 1. The molecule has 90 valence electrons. The Hall–Kier alpha value is -1.37. The zero-order valence-corrected chi connectivity index (χ0v) is 10.8. The Balaban J connectivity index is 2.37. The molecule has 1 aromatic rings. The molecule has 0 fully saturated rings. The van der Waals surface area contributed by atoms with Crippen molar-refractivity contribution in [2.45, 2.75) is 46.0 Å². The van der Waals surface area contributed by atoms with Crippen LogP contribution >= 0.6 is 0 Å². The van der Waals surface area contributed by atoms with E-state index in [-0.39, 0.29) is 5.78 Å². The van der Waals surface area contributed by atoms with Crippen LogP contribution in [0.1, 0.15) is 42.9 Å². The Morgan fingerprint density at radius 3 is 2.76 bits per heavy atom. The minimum Gasteiger partial charge on any atom is -0.295 e. The van der Waals surface area contributed by atoms with Crippen molar-refractivity contribution in [1.82, 2.24) is 0 Å². The Morgan fingerprint density at radius 2 is 2.00 bits per heavy atom. The summed E-state index contributed by atoms with van der Waals surface area (Å²) < 4.78 is 0. The number of ketones is 1. The van der Waals surface area contributed by atoms with Gasteiger partial charge in [0.15, 0.2) is 5.78 Å². The van der Waals surface area contributed by atoms with Crippen molar-refractivity contribution in [2.75, 3.05) is 0 Å². The van der Waals surface area contributed by atoms with E-state index in [9.17, 15) is 4.79 Å². The lowest BCUT2D eigenvalue weighted by atomic mass is 9.95. The van der Waals surface area contributed by atoms with Crippen LogP contribution in [0.25, 0.3) is 0 Å². The topological polar surface area (TPSA) is 17.1 Å². The fraction of sp³-hybridized carbons (Fsp3) is 0.438. The maximum atomic E-state index is 11.6. The summed E-state index contributed by atoms with van der Waals surface area (Å²) in [4.78, 5) is 11.6. The molecular formula is C16H20O. The molecule has 0 aromatic heterocycles. The average Bonchev–Trinajstić information content (AvgIpc) is 2.38. The van der Waals surface area contributed by atoms with Gasteiger partial charge < -0.3 is 0 Å². The number of carbonyl (C=O) groups is 1. The fourth-order valence-corrected chi connectivity index (χ4v) is 2.44. The SMILES string of the molecule is CC(=O)/C1=C\CCCCc2ccc(C)cc2C1. The van der Waals surface area contributed by atoms with Crippen molar-refractivity contribution in [1.29, 1.82) is 0 Å². The van der Waals surface area contributed by atoms with Gasteiger partial charge >= 0.3 is 0 Å². The third-order valence-corrected chi connectivity index (χ3v) is 3.49. The van der Waals surface area contributed by atoms with Crippen LogP contribution in [0.15, 0.2) is 29.8 Å². The molecule has 1 nitrogen and oxygen atoms in total. The quantitative estimate of drug-likeness (QED) is 0.715. The van der Waals surface area contributed by atoms with Crippen LogP contribution in [0.3, 0.4) is 0 Å². The molecule has 1 aromatic carbocycles. The highest BCUT2D eigenvalue weighted by molar-refractivity contribution is 5.93. The number of benzene rings is 1. The van der Waals surface area contributed by atoms with Gasteiger partial charge in [0, 0.05) is 6.42 Å². The zero-order valence-electron chi connectivity index (χ0n) is 10.8. The van der Waals surface area contributed by atoms with E-state index in [1.54, 1.807) is 6.92 Å². The summed E-state index contributed by atoms with van der Waals surface area (Å²) in [6.07, 6.45) is 7.55. The molecule has 1 aliphatic rings.